The predicted octanol–water partition coefficient (Wildman–Crippen LogP) is 1.99. The number of hydrogen-bond acceptors (Lipinski definition) is 5. The highest BCUT2D eigenvalue weighted by Gasteiger charge is 2.31. The molecule has 0 bridgehead atoms. The Kier molecular flexibility index (Phi) is 3.78. The molecule has 0 radical (unpaired) electrons. The van der Waals surface area contributed by atoms with Gasteiger partial charge in [0.25, 0.3) is 0 Å². The predicted molar refractivity (Wildman–Crippen MR) is 79.8 cm³/mol. The number of rotatable bonds is 5. The molecule has 0 aromatic carbocycles. The van der Waals surface area contributed by atoms with Crippen molar-refractivity contribution in [3.05, 3.63) is 11.4 Å². The Hall–Kier alpha value is -1.36. The molecule has 110 valence electrons. The first-order valence-electron chi connectivity index (χ1n) is 7.72. The van der Waals surface area contributed by atoms with Crippen LogP contribution in [0, 0.1) is 6.92 Å². The molecular formula is C15H24N4O. The second-order valence-corrected chi connectivity index (χ2v) is 6.05. The first-order chi connectivity index (χ1) is 9.70. The minimum absolute atomic E-state index is 0.266. The summed E-state index contributed by atoms with van der Waals surface area (Å²) in [7, 11) is 0. The van der Waals surface area contributed by atoms with Crippen molar-refractivity contribution < 1.29 is 5.11 Å². The van der Waals surface area contributed by atoms with Crippen molar-refractivity contribution in [1.29, 1.82) is 0 Å². The third kappa shape index (κ3) is 2.59. The lowest BCUT2D eigenvalue weighted by atomic mass is 10.1. The van der Waals surface area contributed by atoms with Gasteiger partial charge in [0.15, 0.2) is 0 Å². The van der Waals surface area contributed by atoms with Crippen molar-refractivity contribution in [2.45, 2.75) is 57.4 Å². The zero-order valence-corrected chi connectivity index (χ0v) is 12.2. The van der Waals surface area contributed by atoms with Crippen LogP contribution in [0.25, 0.3) is 0 Å². The van der Waals surface area contributed by atoms with Gasteiger partial charge in [-0.25, -0.2) is 9.97 Å². The van der Waals surface area contributed by atoms with Gasteiger partial charge in [-0.2, -0.15) is 0 Å². The third-order valence-electron chi connectivity index (χ3n) is 4.46. The smallest absolute Gasteiger partial charge is 0.137 e. The van der Waals surface area contributed by atoms with Crippen LogP contribution in [0.4, 0.5) is 11.6 Å². The molecule has 1 aliphatic heterocycles. The number of aromatic nitrogens is 2. The summed E-state index contributed by atoms with van der Waals surface area (Å²) in [5, 5.41) is 9.04. The van der Waals surface area contributed by atoms with Gasteiger partial charge in [0.1, 0.15) is 17.5 Å². The maximum absolute atomic E-state index is 9.04. The van der Waals surface area contributed by atoms with Crippen LogP contribution in [0.15, 0.2) is 0 Å². The summed E-state index contributed by atoms with van der Waals surface area (Å²) in [4.78, 5) is 11.6. The average Bonchev–Trinajstić information content (AvgIpc) is 3.19. The van der Waals surface area contributed by atoms with Crippen LogP contribution in [-0.4, -0.2) is 34.3 Å². The maximum Gasteiger partial charge on any atom is 0.137 e. The number of aliphatic hydroxyl groups excluding tert-OH is 1. The second-order valence-electron chi connectivity index (χ2n) is 6.05. The number of anilines is 2. The fourth-order valence-electron chi connectivity index (χ4n) is 3.08. The average molecular weight is 276 g/mol. The highest BCUT2D eigenvalue weighted by molar-refractivity contribution is 5.58. The maximum atomic E-state index is 9.04. The van der Waals surface area contributed by atoms with E-state index in [4.69, 9.17) is 15.8 Å². The standard InChI is InChI=1S/C15H24N4O/c1-10-13(16)17-14(11-6-7-11)18-15(10)19-8-2-4-12(19)5-3-9-20/h11-12,20H,2-9H2,1H3,(H2,16,17,18). The molecule has 1 aromatic heterocycles. The molecule has 1 aliphatic carbocycles. The van der Waals surface area contributed by atoms with Crippen LogP contribution in [0.3, 0.4) is 0 Å². The largest absolute Gasteiger partial charge is 0.396 e. The Morgan fingerprint density at radius 2 is 2.10 bits per heavy atom. The van der Waals surface area contributed by atoms with Gasteiger partial charge in [0.2, 0.25) is 0 Å². The monoisotopic (exact) mass is 276 g/mol. The highest BCUT2D eigenvalue weighted by Crippen LogP contribution is 2.40. The summed E-state index contributed by atoms with van der Waals surface area (Å²) >= 11 is 0. The molecule has 1 aromatic rings. The van der Waals surface area contributed by atoms with E-state index in [-0.39, 0.29) is 6.61 Å². The van der Waals surface area contributed by atoms with E-state index >= 15 is 0 Å². The van der Waals surface area contributed by atoms with E-state index in [1.54, 1.807) is 0 Å². The number of hydrogen-bond donors (Lipinski definition) is 2. The zero-order chi connectivity index (χ0) is 14.1. The van der Waals surface area contributed by atoms with Crippen LogP contribution in [0.1, 0.15) is 55.8 Å². The summed E-state index contributed by atoms with van der Waals surface area (Å²) in [5.41, 5.74) is 7.09. The van der Waals surface area contributed by atoms with Crippen LogP contribution in [0.5, 0.6) is 0 Å². The van der Waals surface area contributed by atoms with Crippen LogP contribution >= 0.6 is 0 Å². The molecule has 1 atom stereocenters. The van der Waals surface area contributed by atoms with E-state index < -0.39 is 0 Å². The lowest BCUT2D eigenvalue weighted by molar-refractivity contribution is 0.279. The van der Waals surface area contributed by atoms with Crippen LogP contribution in [0.2, 0.25) is 0 Å². The molecule has 5 heteroatoms. The van der Waals surface area contributed by atoms with Crippen molar-refractivity contribution in [2.24, 2.45) is 0 Å². The Balaban J connectivity index is 1.87. The Morgan fingerprint density at radius 1 is 1.30 bits per heavy atom. The Bertz CT molecular complexity index is 487. The number of nitrogens with zero attached hydrogens (tertiary/aromatic N) is 3. The van der Waals surface area contributed by atoms with Gasteiger partial charge >= 0.3 is 0 Å². The quantitative estimate of drug-likeness (QED) is 0.860. The van der Waals surface area contributed by atoms with E-state index in [9.17, 15) is 0 Å². The summed E-state index contributed by atoms with van der Waals surface area (Å²) < 4.78 is 0. The van der Waals surface area contributed by atoms with E-state index in [1.165, 1.54) is 25.7 Å². The van der Waals surface area contributed by atoms with Crippen molar-refractivity contribution in [3.63, 3.8) is 0 Å². The van der Waals surface area contributed by atoms with E-state index in [0.717, 1.165) is 36.6 Å². The van der Waals surface area contributed by atoms with Gasteiger partial charge in [0, 0.05) is 30.7 Å². The molecule has 3 N–H and O–H groups in total. The number of aliphatic hydroxyl groups is 1. The van der Waals surface area contributed by atoms with Gasteiger partial charge in [-0.3, -0.25) is 0 Å². The number of nitrogens with two attached hydrogens (primary N) is 1. The summed E-state index contributed by atoms with van der Waals surface area (Å²) in [5.74, 6) is 3.11. The molecular weight excluding hydrogens is 252 g/mol. The van der Waals surface area contributed by atoms with Crippen molar-refractivity contribution in [1.82, 2.24) is 9.97 Å². The van der Waals surface area contributed by atoms with E-state index in [0.29, 0.717) is 17.8 Å². The molecule has 2 aliphatic rings. The summed E-state index contributed by atoms with van der Waals surface area (Å²) in [6, 6.07) is 0.488. The van der Waals surface area contributed by atoms with Gasteiger partial charge in [-0.1, -0.05) is 0 Å². The molecule has 2 fully saturated rings. The number of nitrogen functional groups attached to an aromatic ring is 1. The minimum Gasteiger partial charge on any atom is -0.396 e. The molecule has 5 nitrogen and oxygen atoms in total. The van der Waals surface area contributed by atoms with Crippen LogP contribution < -0.4 is 10.6 Å². The van der Waals surface area contributed by atoms with Gasteiger partial charge in [0.05, 0.1) is 0 Å². The van der Waals surface area contributed by atoms with Crippen molar-refractivity contribution in [2.75, 3.05) is 23.8 Å². The van der Waals surface area contributed by atoms with E-state index in [2.05, 4.69) is 9.88 Å². The van der Waals surface area contributed by atoms with Crippen LogP contribution in [-0.2, 0) is 0 Å². The Labute approximate surface area is 120 Å². The molecule has 20 heavy (non-hydrogen) atoms. The minimum atomic E-state index is 0.266. The molecule has 3 rings (SSSR count). The first kappa shape index (κ1) is 13.6. The highest BCUT2D eigenvalue weighted by atomic mass is 16.2. The van der Waals surface area contributed by atoms with Crippen molar-refractivity contribution in [3.8, 4) is 0 Å². The fourth-order valence-corrected chi connectivity index (χ4v) is 3.08. The Morgan fingerprint density at radius 3 is 2.80 bits per heavy atom. The molecule has 0 spiro atoms. The molecule has 2 heterocycles. The molecule has 1 saturated carbocycles. The second kappa shape index (κ2) is 5.56. The van der Waals surface area contributed by atoms with E-state index in [1.807, 2.05) is 6.92 Å². The zero-order valence-electron chi connectivity index (χ0n) is 12.2. The fraction of sp³-hybridized carbons (Fsp3) is 0.733. The molecule has 1 saturated heterocycles. The lowest BCUT2D eigenvalue weighted by Crippen LogP contribution is -2.31. The topological polar surface area (TPSA) is 75.3 Å². The SMILES string of the molecule is Cc1c(N)nc(C2CC2)nc1N1CCCC1CCCO. The van der Waals surface area contributed by atoms with Gasteiger partial charge in [-0.15, -0.1) is 0 Å². The lowest BCUT2D eigenvalue weighted by Gasteiger charge is -2.27. The third-order valence-corrected chi connectivity index (χ3v) is 4.46. The normalized spacial score (nSPS) is 22.5. The summed E-state index contributed by atoms with van der Waals surface area (Å²) in [6.45, 7) is 3.32. The molecule has 0 amide bonds. The summed E-state index contributed by atoms with van der Waals surface area (Å²) in [6.07, 6.45) is 6.64. The van der Waals surface area contributed by atoms with Gasteiger partial charge < -0.3 is 15.7 Å². The van der Waals surface area contributed by atoms with Gasteiger partial charge in [-0.05, 0) is 45.4 Å². The first-order valence-corrected chi connectivity index (χ1v) is 7.72. The molecule has 1 unspecified atom stereocenters. The van der Waals surface area contributed by atoms with Crippen molar-refractivity contribution >= 4 is 11.6 Å².